The lowest BCUT2D eigenvalue weighted by Crippen LogP contribution is -2.47. The van der Waals surface area contributed by atoms with Crippen molar-refractivity contribution in [2.45, 2.75) is 18.4 Å². The van der Waals surface area contributed by atoms with Crippen LogP contribution in [0, 0.1) is 0 Å². The molecule has 154 valence electrons. The predicted octanol–water partition coefficient (Wildman–Crippen LogP) is 3.35. The van der Waals surface area contributed by atoms with Crippen molar-refractivity contribution in [2.24, 2.45) is 0 Å². The van der Waals surface area contributed by atoms with Gasteiger partial charge in [-0.05, 0) is 24.1 Å². The summed E-state index contributed by atoms with van der Waals surface area (Å²) in [6, 6.07) is 18.2. The van der Waals surface area contributed by atoms with E-state index in [1.807, 2.05) is 30.3 Å². The number of amides is 1. The highest BCUT2D eigenvalue weighted by molar-refractivity contribution is 5.69. The highest BCUT2D eigenvalue weighted by Gasteiger charge is 2.32. The van der Waals surface area contributed by atoms with Crippen LogP contribution in [0.25, 0.3) is 11.3 Å². The summed E-state index contributed by atoms with van der Waals surface area (Å²) in [5.41, 5.74) is 7.96. The average molecular weight is 406 g/mol. The number of hydrogen-bond acceptors (Lipinski definition) is 6. The van der Waals surface area contributed by atoms with Gasteiger partial charge in [-0.1, -0.05) is 42.5 Å². The largest absolute Gasteiger partial charge is 0.507 e. The molecule has 2 atom stereocenters. The fraction of sp³-hybridized carbons (Fsp3) is 0.227. The van der Waals surface area contributed by atoms with Gasteiger partial charge in [-0.25, -0.2) is 4.79 Å². The number of phenols is 1. The number of likely N-dealkylation sites (tertiary alicyclic amines) is 1. The van der Waals surface area contributed by atoms with Gasteiger partial charge in [0.25, 0.3) is 0 Å². The minimum absolute atomic E-state index is 0.00899. The van der Waals surface area contributed by atoms with Gasteiger partial charge in [-0.15, -0.1) is 10.2 Å². The molecule has 2 aromatic carbocycles. The molecule has 1 saturated heterocycles. The van der Waals surface area contributed by atoms with Gasteiger partial charge in [0.1, 0.15) is 17.5 Å². The van der Waals surface area contributed by atoms with Crippen LogP contribution in [0.4, 0.5) is 10.6 Å². The molecule has 1 aromatic heterocycles. The number of nitrogens with zero attached hydrogens (tertiary/aromatic N) is 3. The molecule has 0 saturated carbocycles. The third-order valence-corrected chi connectivity index (χ3v) is 5.21. The zero-order valence-electron chi connectivity index (χ0n) is 16.2. The number of anilines is 1. The zero-order chi connectivity index (χ0) is 21.1. The number of piperidine rings is 1. The number of aromatic nitrogens is 2. The number of para-hydroxylation sites is 1. The van der Waals surface area contributed by atoms with Crippen molar-refractivity contribution in [1.82, 2.24) is 15.1 Å². The van der Waals surface area contributed by atoms with Crippen LogP contribution in [-0.4, -0.2) is 50.6 Å². The molecule has 3 aromatic rings. The molecule has 4 rings (SSSR count). The van der Waals surface area contributed by atoms with Crippen LogP contribution in [0.2, 0.25) is 0 Å². The number of phenolic OH excluding ortho intramolecular Hbond substituents is 1. The lowest BCUT2D eigenvalue weighted by atomic mass is 9.89. The highest BCUT2D eigenvalue weighted by atomic mass is 16.5. The first-order valence-electron chi connectivity index (χ1n) is 9.62. The molecule has 0 aliphatic carbocycles. The molecule has 4 N–H and O–H groups in total. The molecular weight excluding hydrogens is 384 g/mol. The summed E-state index contributed by atoms with van der Waals surface area (Å²) in [6.45, 7) is 0.638. The highest BCUT2D eigenvalue weighted by Crippen LogP contribution is 2.34. The van der Waals surface area contributed by atoms with Gasteiger partial charge in [-0.3, -0.25) is 0 Å². The quantitative estimate of drug-likeness (QED) is 0.607. The first kappa shape index (κ1) is 19.5. The summed E-state index contributed by atoms with van der Waals surface area (Å²) < 4.78 is 6.11. The number of hydrogen-bond donors (Lipinski definition) is 3. The van der Waals surface area contributed by atoms with E-state index in [0.29, 0.717) is 30.0 Å². The van der Waals surface area contributed by atoms with Crippen LogP contribution in [0.3, 0.4) is 0 Å². The van der Waals surface area contributed by atoms with Crippen LogP contribution < -0.4 is 10.5 Å². The van der Waals surface area contributed by atoms with Gasteiger partial charge in [0, 0.05) is 24.1 Å². The second-order valence-corrected chi connectivity index (χ2v) is 7.27. The second kappa shape index (κ2) is 8.28. The monoisotopic (exact) mass is 406 g/mol. The Bertz CT molecular complexity index is 1040. The Hall–Kier alpha value is -3.81. The van der Waals surface area contributed by atoms with Crippen LogP contribution in [0.5, 0.6) is 11.5 Å². The predicted molar refractivity (Wildman–Crippen MR) is 111 cm³/mol. The molecule has 2 heterocycles. The van der Waals surface area contributed by atoms with E-state index >= 15 is 0 Å². The lowest BCUT2D eigenvalue weighted by molar-refractivity contribution is 0.0699. The fourth-order valence-corrected chi connectivity index (χ4v) is 3.74. The lowest BCUT2D eigenvalue weighted by Gasteiger charge is -2.36. The second-order valence-electron chi connectivity index (χ2n) is 7.27. The smallest absolute Gasteiger partial charge is 0.407 e. The standard InChI is InChI=1S/C22H22N4O4/c23-21-20(11-18(24-25-21)17-8-4-5-9-19(17)27)30-16-10-15(12-26(13-16)22(28)29)14-6-2-1-3-7-14/h1-9,11,15-16,27H,10,12-13H2,(H2,23,25)(H,28,29)/t15-,16-/m1/s1. The van der Waals surface area contributed by atoms with E-state index in [9.17, 15) is 15.0 Å². The number of nitrogens with two attached hydrogens (primary N) is 1. The molecule has 1 fully saturated rings. The summed E-state index contributed by atoms with van der Waals surface area (Å²) in [5.74, 6) is 0.501. The molecule has 30 heavy (non-hydrogen) atoms. The maximum absolute atomic E-state index is 11.7. The van der Waals surface area contributed by atoms with Crippen molar-refractivity contribution in [2.75, 3.05) is 18.8 Å². The molecule has 1 aliphatic rings. The van der Waals surface area contributed by atoms with E-state index in [1.54, 1.807) is 30.3 Å². The minimum Gasteiger partial charge on any atom is -0.507 e. The molecule has 0 radical (unpaired) electrons. The van der Waals surface area contributed by atoms with Gasteiger partial charge in [0.05, 0.1) is 6.54 Å². The summed E-state index contributed by atoms with van der Waals surface area (Å²) >= 11 is 0. The van der Waals surface area contributed by atoms with Crippen LogP contribution in [0.15, 0.2) is 60.7 Å². The SMILES string of the molecule is Nc1nnc(-c2ccccc2O)cc1O[C@@H]1C[C@@H](c2ccccc2)CN(C(=O)O)C1. The topological polar surface area (TPSA) is 122 Å². The Morgan fingerprint density at radius 3 is 2.53 bits per heavy atom. The molecular formula is C22H22N4O4. The molecule has 0 spiro atoms. The number of rotatable bonds is 4. The van der Waals surface area contributed by atoms with Crippen molar-refractivity contribution in [1.29, 1.82) is 0 Å². The van der Waals surface area contributed by atoms with Crippen molar-refractivity contribution in [3.63, 3.8) is 0 Å². The summed E-state index contributed by atoms with van der Waals surface area (Å²) in [7, 11) is 0. The maximum Gasteiger partial charge on any atom is 0.407 e. The van der Waals surface area contributed by atoms with Crippen LogP contribution in [0.1, 0.15) is 17.9 Å². The van der Waals surface area contributed by atoms with Crippen LogP contribution >= 0.6 is 0 Å². The summed E-state index contributed by atoms with van der Waals surface area (Å²) in [4.78, 5) is 13.0. The van der Waals surface area contributed by atoms with E-state index in [4.69, 9.17) is 10.5 Å². The minimum atomic E-state index is -0.986. The Balaban J connectivity index is 1.60. The van der Waals surface area contributed by atoms with E-state index < -0.39 is 12.2 Å². The maximum atomic E-state index is 11.7. The first-order chi connectivity index (χ1) is 14.5. The Morgan fingerprint density at radius 2 is 1.80 bits per heavy atom. The summed E-state index contributed by atoms with van der Waals surface area (Å²) in [5, 5.41) is 27.7. The third-order valence-electron chi connectivity index (χ3n) is 5.21. The number of carboxylic acid groups (broad SMARTS) is 1. The Morgan fingerprint density at radius 1 is 1.07 bits per heavy atom. The van der Waals surface area contributed by atoms with E-state index in [0.717, 1.165) is 5.56 Å². The number of nitrogen functional groups attached to an aromatic ring is 1. The van der Waals surface area contributed by atoms with E-state index in [1.165, 1.54) is 4.90 Å². The van der Waals surface area contributed by atoms with Crippen molar-refractivity contribution in [3.05, 3.63) is 66.2 Å². The fourth-order valence-electron chi connectivity index (χ4n) is 3.74. The first-order valence-corrected chi connectivity index (χ1v) is 9.62. The Kier molecular flexibility index (Phi) is 5.38. The summed E-state index contributed by atoms with van der Waals surface area (Å²) in [6.07, 6.45) is -0.745. The molecule has 0 unspecified atom stereocenters. The molecule has 8 heteroatoms. The van der Waals surface area contributed by atoms with Crippen molar-refractivity contribution in [3.8, 4) is 22.8 Å². The number of carbonyl (C=O) groups is 1. The van der Waals surface area contributed by atoms with Gasteiger partial charge in [0.2, 0.25) is 0 Å². The zero-order valence-corrected chi connectivity index (χ0v) is 16.2. The Labute approximate surface area is 173 Å². The number of aromatic hydroxyl groups is 1. The van der Waals surface area contributed by atoms with Crippen molar-refractivity contribution >= 4 is 11.9 Å². The third kappa shape index (κ3) is 4.12. The molecule has 0 bridgehead atoms. The molecule has 1 aliphatic heterocycles. The van der Waals surface area contributed by atoms with E-state index in [-0.39, 0.29) is 24.0 Å². The molecule has 8 nitrogen and oxygen atoms in total. The van der Waals surface area contributed by atoms with Gasteiger partial charge in [-0.2, -0.15) is 0 Å². The van der Waals surface area contributed by atoms with Gasteiger partial charge in [0.15, 0.2) is 11.6 Å². The molecule has 1 amide bonds. The van der Waals surface area contributed by atoms with E-state index in [2.05, 4.69) is 10.2 Å². The van der Waals surface area contributed by atoms with Crippen LogP contribution in [-0.2, 0) is 0 Å². The van der Waals surface area contributed by atoms with Gasteiger partial charge >= 0.3 is 6.09 Å². The average Bonchev–Trinajstić information content (AvgIpc) is 2.76. The van der Waals surface area contributed by atoms with Crippen molar-refractivity contribution < 1.29 is 19.7 Å². The van der Waals surface area contributed by atoms with Gasteiger partial charge < -0.3 is 25.6 Å². The number of ether oxygens (including phenoxy) is 1. The normalized spacial score (nSPS) is 18.7. The number of benzene rings is 2.